The second-order valence-electron chi connectivity index (χ2n) is 7.13. The third kappa shape index (κ3) is 6.67. The first kappa shape index (κ1) is 20.8. The number of hydrogen-bond donors (Lipinski definition) is 1. The zero-order valence-electron chi connectivity index (χ0n) is 16.2. The van der Waals surface area contributed by atoms with E-state index in [0.29, 0.717) is 36.4 Å². The number of imidazole rings is 1. The van der Waals surface area contributed by atoms with Crippen LogP contribution in [0.25, 0.3) is 0 Å². The summed E-state index contributed by atoms with van der Waals surface area (Å²) < 4.78 is 2.04. The summed E-state index contributed by atoms with van der Waals surface area (Å²) in [4.78, 5) is 30.5. The molecule has 0 aromatic carbocycles. The molecule has 1 saturated heterocycles. The van der Waals surface area contributed by atoms with Crippen LogP contribution in [0.5, 0.6) is 0 Å². The summed E-state index contributed by atoms with van der Waals surface area (Å²) in [5.41, 5.74) is 0. The van der Waals surface area contributed by atoms with Crippen molar-refractivity contribution in [3.63, 3.8) is 0 Å². The molecule has 1 N–H and O–H groups in total. The van der Waals surface area contributed by atoms with E-state index < -0.39 is 0 Å². The Morgan fingerprint density at radius 3 is 2.73 bits per heavy atom. The summed E-state index contributed by atoms with van der Waals surface area (Å²) >= 11 is 1.70. The highest BCUT2D eigenvalue weighted by Gasteiger charge is 2.23. The molecule has 146 valence electrons. The van der Waals surface area contributed by atoms with Crippen molar-refractivity contribution >= 4 is 23.6 Å². The van der Waals surface area contributed by atoms with E-state index in [1.807, 2.05) is 15.7 Å². The van der Waals surface area contributed by atoms with Gasteiger partial charge in [0, 0.05) is 51.4 Å². The SMILES string of the molecule is CCc1nccn1CCC(=O)NCC1CCN(C(=O)CSC(C)C)CC1. The molecule has 1 fully saturated rings. The largest absolute Gasteiger partial charge is 0.356 e. The molecule has 0 bridgehead atoms. The van der Waals surface area contributed by atoms with E-state index in [1.54, 1.807) is 18.0 Å². The van der Waals surface area contributed by atoms with Gasteiger partial charge in [0.1, 0.15) is 5.82 Å². The summed E-state index contributed by atoms with van der Waals surface area (Å²) in [6, 6.07) is 0. The first-order valence-corrected chi connectivity index (χ1v) is 10.7. The Labute approximate surface area is 161 Å². The van der Waals surface area contributed by atoms with E-state index in [2.05, 4.69) is 31.1 Å². The fraction of sp³-hybridized carbons (Fsp3) is 0.737. The van der Waals surface area contributed by atoms with Crippen molar-refractivity contribution in [1.29, 1.82) is 0 Å². The molecule has 0 aliphatic carbocycles. The lowest BCUT2D eigenvalue weighted by atomic mass is 9.97. The molecule has 1 aliphatic heterocycles. The Hall–Kier alpha value is -1.50. The fourth-order valence-electron chi connectivity index (χ4n) is 3.14. The van der Waals surface area contributed by atoms with Gasteiger partial charge >= 0.3 is 0 Å². The van der Waals surface area contributed by atoms with Crippen molar-refractivity contribution in [3.8, 4) is 0 Å². The van der Waals surface area contributed by atoms with Crippen LogP contribution in [0.1, 0.15) is 45.9 Å². The number of amides is 2. The van der Waals surface area contributed by atoms with E-state index in [9.17, 15) is 9.59 Å². The van der Waals surface area contributed by atoms with Gasteiger partial charge in [-0.15, -0.1) is 11.8 Å². The lowest BCUT2D eigenvalue weighted by Gasteiger charge is -2.32. The minimum atomic E-state index is 0.0904. The van der Waals surface area contributed by atoms with Crippen LogP contribution in [-0.4, -0.2) is 56.9 Å². The van der Waals surface area contributed by atoms with E-state index in [0.717, 1.165) is 38.2 Å². The fourth-order valence-corrected chi connectivity index (χ4v) is 3.80. The highest BCUT2D eigenvalue weighted by molar-refractivity contribution is 8.00. The van der Waals surface area contributed by atoms with Gasteiger partial charge in [0.2, 0.25) is 11.8 Å². The molecule has 2 rings (SSSR count). The molecule has 1 aromatic rings. The van der Waals surface area contributed by atoms with Crippen LogP contribution in [0, 0.1) is 5.92 Å². The van der Waals surface area contributed by atoms with Gasteiger partial charge < -0.3 is 14.8 Å². The van der Waals surface area contributed by atoms with Crippen LogP contribution >= 0.6 is 11.8 Å². The zero-order valence-corrected chi connectivity index (χ0v) is 17.1. The molecule has 0 atom stereocenters. The van der Waals surface area contributed by atoms with Gasteiger partial charge in [-0.3, -0.25) is 9.59 Å². The maximum atomic E-state index is 12.2. The number of carbonyl (C=O) groups is 2. The van der Waals surface area contributed by atoms with Gasteiger partial charge in [0.15, 0.2) is 0 Å². The van der Waals surface area contributed by atoms with Crippen LogP contribution in [0.4, 0.5) is 0 Å². The lowest BCUT2D eigenvalue weighted by molar-refractivity contribution is -0.130. The van der Waals surface area contributed by atoms with Gasteiger partial charge in [-0.2, -0.15) is 0 Å². The minimum absolute atomic E-state index is 0.0904. The zero-order chi connectivity index (χ0) is 18.9. The van der Waals surface area contributed by atoms with Crippen molar-refractivity contribution in [2.45, 2.75) is 58.2 Å². The summed E-state index contributed by atoms with van der Waals surface area (Å²) in [5.74, 6) is 2.41. The summed E-state index contributed by atoms with van der Waals surface area (Å²) in [5, 5.41) is 3.54. The maximum Gasteiger partial charge on any atom is 0.232 e. The molecule has 0 spiro atoms. The van der Waals surface area contributed by atoms with Crippen LogP contribution < -0.4 is 5.32 Å². The number of piperidine rings is 1. The van der Waals surface area contributed by atoms with Crippen LogP contribution in [0.2, 0.25) is 0 Å². The highest BCUT2D eigenvalue weighted by atomic mass is 32.2. The third-order valence-electron chi connectivity index (χ3n) is 4.79. The normalized spacial score (nSPS) is 15.5. The van der Waals surface area contributed by atoms with Crippen LogP contribution in [-0.2, 0) is 22.6 Å². The molecule has 0 radical (unpaired) electrons. The minimum Gasteiger partial charge on any atom is -0.356 e. The van der Waals surface area contributed by atoms with Crippen LogP contribution in [0.15, 0.2) is 12.4 Å². The van der Waals surface area contributed by atoms with Crippen molar-refractivity contribution in [1.82, 2.24) is 19.8 Å². The van der Waals surface area contributed by atoms with Crippen LogP contribution in [0.3, 0.4) is 0 Å². The molecule has 26 heavy (non-hydrogen) atoms. The number of likely N-dealkylation sites (tertiary alicyclic amines) is 1. The molecule has 1 aliphatic rings. The first-order chi connectivity index (χ1) is 12.5. The predicted molar refractivity (Wildman–Crippen MR) is 106 cm³/mol. The molecule has 1 aromatic heterocycles. The number of hydrogen-bond acceptors (Lipinski definition) is 4. The van der Waals surface area contributed by atoms with Gasteiger partial charge in [-0.05, 0) is 24.0 Å². The Kier molecular flexibility index (Phi) is 8.48. The van der Waals surface area contributed by atoms with Gasteiger partial charge in [-0.1, -0.05) is 20.8 Å². The quantitative estimate of drug-likeness (QED) is 0.714. The Morgan fingerprint density at radius 2 is 2.08 bits per heavy atom. The monoisotopic (exact) mass is 380 g/mol. The predicted octanol–water partition coefficient (Wildman–Crippen LogP) is 2.33. The molecule has 0 saturated carbocycles. The highest BCUT2D eigenvalue weighted by Crippen LogP contribution is 2.18. The lowest BCUT2D eigenvalue weighted by Crippen LogP contribution is -2.42. The van der Waals surface area contributed by atoms with Crippen molar-refractivity contribution < 1.29 is 9.59 Å². The van der Waals surface area contributed by atoms with Gasteiger partial charge in [0.25, 0.3) is 0 Å². The molecular formula is C19H32N4O2S. The molecule has 2 heterocycles. The smallest absolute Gasteiger partial charge is 0.232 e. The Balaban J connectivity index is 1.62. The standard InChI is InChI=1S/C19H32N4O2S/c1-4-17-20-8-12-22(17)11-7-18(24)21-13-16-5-9-23(10-6-16)19(25)14-26-15(2)3/h8,12,15-16H,4-7,9-11,13-14H2,1-3H3,(H,21,24). The molecular weight excluding hydrogens is 348 g/mol. The molecule has 2 amide bonds. The number of nitrogens with one attached hydrogen (secondary N) is 1. The number of aryl methyl sites for hydroxylation is 2. The van der Waals surface area contributed by atoms with E-state index in [-0.39, 0.29) is 11.8 Å². The average molecular weight is 381 g/mol. The first-order valence-electron chi connectivity index (χ1n) is 9.65. The number of thioether (sulfide) groups is 1. The van der Waals surface area contributed by atoms with Gasteiger partial charge in [-0.25, -0.2) is 4.98 Å². The third-order valence-corrected chi connectivity index (χ3v) is 5.87. The Bertz CT molecular complexity index is 580. The van der Waals surface area contributed by atoms with Crippen molar-refractivity contribution in [3.05, 3.63) is 18.2 Å². The van der Waals surface area contributed by atoms with Crippen molar-refractivity contribution in [2.24, 2.45) is 5.92 Å². The van der Waals surface area contributed by atoms with E-state index in [4.69, 9.17) is 0 Å². The number of aromatic nitrogens is 2. The second-order valence-corrected chi connectivity index (χ2v) is 8.69. The average Bonchev–Trinajstić information content (AvgIpc) is 3.10. The summed E-state index contributed by atoms with van der Waals surface area (Å²) in [6.07, 6.45) is 7.01. The molecule has 6 nitrogen and oxygen atoms in total. The topological polar surface area (TPSA) is 67.2 Å². The number of rotatable bonds is 9. The molecule has 0 unspecified atom stereocenters. The Morgan fingerprint density at radius 1 is 1.35 bits per heavy atom. The van der Waals surface area contributed by atoms with Gasteiger partial charge in [0.05, 0.1) is 5.75 Å². The number of nitrogens with zero attached hydrogens (tertiary/aromatic N) is 3. The van der Waals surface area contributed by atoms with E-state index in [1.165, 1.54) is 0 Å². The summed E-state index contributed by atoms with van der Waals surface area (Å²) in [6.45, 7) is 9.31. The van der Waals surface area contributed by atoms with Crippen molar-refractivity contribution in [2.75, 3.05) is 25.4 Å². The van der Waals surface area contributed by atoms with E-state index >= 15 is 0 Å². The second kappa shape index (κ2) is 10.6. The molecule has 7 heteroatoms. The maximum absolute atomic E-state index is 12.2. The number of carbonyl (C=O) groups excluding carboxylic acids is 2. The summed E-state index contributed by atoms with van der Waals surface area (Å²) in [7, 11) is 0.